The molecule has 0 aliphatic carbocycles. The third kappa shape index (κ3) is 15.9. The van der Waals surface area contributed by atoms with Crippen molar-refractivity contribution in [1.82, 2.24) is 16.0 Å². The molecule has 31 heavy (non-hydrogen) atoms. The van der Waals surface area contributed by atoms with E-state index in [4.69, 9.17) is 9.47 Å². The average Bonchev–Trinajstić information content (AvgIpc) is 2.60. The van der Waals surface area contributed by atoms with Gasteiger partial charge in [0, 0.05) is 6.54 Å². The van der Waals surface area contributed by atoms with Crippen LogP contribution in [0.3, 0.4) is 0 Å². The number of ether oxygens (including phenoxy) is 3. The van der Waals surface area contributed by atoms with Gasteiger partial charge in [0.15, 0.2) is 0 Å². The molecular formula is C20H37N3O8. The van der Waals surface area contributed by atoms with Gasteiger partial charge in [-0.3, -0.25) is 4.79 Å². The Morgan fingerprint density at radius 3 is 1.87 bits per heavy atom. The Hall–Kier alpha value is -2.56. The number of alkyl carbamates (subject to hydrolysis) is 2. The smallest absolute Gasteiger partial charge is 0.408 e. The second-order valence-electron chi connectivity index (χ2n) is 8.97. The van der Waals surface area contributed by atoms with E-state index in [0.717, 1.165) is 0 Å². The zero-order chi connectivity index (χ0) is 24.2. The van der Waals surface area contributed by atoms with Crippen molar-refractivity contribution in [3.63, 3.8) is 0 Å². The average molecular weight is 448 g/mol. The first-order valence-corrected chi connectivity index (χ1v) is 10.1. The number of esters is 1. The molecule has 11 nitrogen and oxygen atoms in total. The third-order valence-corrected chi connectivity index (χ3v) is 3.52. The molecule has 0 saturated heterocycles. The molecule has 0 rings (SSSR count). The van der Waals surface area contributed by atoms with Gasteiger partial charge in [0.05, 0.1) is 13.2 Å². The van der Waals surface area contributed by atoms with E-state index in [1.165, 1.54) is 7.11 Å². The molecule has 11 heteroatoms. The van der Waals surface area contributed by atoms with Crippen LogP contribution in [0.4, 0.5) is 9.59 Å². The van der Waals surface area contributed by atoms with E-state index in [9.17, 15) is 24.3 Å². The Balaban J connectivity index is 4.39. The first-order valence-electron chi connectivity index (χ1n) is 10.1. The molecular weight excluding hydrogens is 410 g/mol. The molecule has 0 aliphatic heterocycles. The number of hydrogen-bond acceptors (Lipinski definition) is 8. The SMILES string of the molecule is COC(=O)C(CCCC(O)CNC(=O)OC(C)(C)C)NC(=O)CNC(=O)OC(C)(C)C. The minimum Gasteiger partial charge on any atom is -0.467 e. The lowest BCUT2D eigenvalue weighted by molar-refractivity contribution is -0.145. The van der Waals surface area contributed by atoms with Gasteiger partial charge in [-0.15, -0.1) is 0 Å². The number of amides is 3. The highest BCUT2D eigenvalue weighted by molar-refractivity contribution is 5.87. The van der Waals surface area contributed by atoms with Crippen LogP contribution in [0, 0.1) is 0 Å². The van der Waals surface area contributed by atoms with Crippen LogP contribution in [-0.2, 0) is 23.8 Å². The lowest BCUT2D eigenvalue weighted by atomic mass is 10.1. The van der Waals surface area contributed by atoms with Gasteiger partial charge in [0.25, 0.3) is 0 Å². The van der Waals surface area contributed by atoms with Crippen molar-refractivity contribution >= 4 is 24.1 Å². The molecule has 3 amide bonds. The van der Waals surface area contributed by atoms with Crippen molar-refractivity contribution in [2.45, 2.75) is 84.2 Å². The second kappa shape index (κ2) is 13.0. The summed E-state index contributed by atoms with van der Waals surface area (Å²) in [5.74, 6) is -1.24. The van der Waals surface area contributed by atoms with Gasteiger partial charge < -0.3 is 35.3 Å². The van der Waals surface area contributed by atoms with Crippen LogP contribution in [-0.4, -0.2) is 72.7 Å². The van der Waals surface area contributed by atoms with Crippen LogP contribution in [0.15, 0.2) is 0 Å². The Bertz CT molecular complexity index is 611. The van der Waals surface area contributed by atoms with Gasteiger partial charge in [-0.1, -0.05) is 0 Å². The van der Waals surface area contributed by atoms with Crippen LogP contribution in [0.5, 0.6) is 0 Å². The predicted octanol–water partition coefficient (Wildman–Crippen LogP) is 1.22. The lowest BCUT2D eigenvalue weighted by Crippen LogP contribution is -2.46. The molecule has 0 aromatic carbocycles. The molecule has 180 valence electrons. The number of carbonyl (C=O) groups is 4. The van der Waals surface area contributed by atoms with Gasteiger partial charge >= 0.3 is 18.2 Å². The number of rotatable bonds is 10. The number of carbonyl (C=O) groups excluding carboxylic acids is 4. The Kier molecular flexibility index (Phi) is 11.9. The Labute approximate surface area is 183 Å². The van der Waals surface area contributed by atoms with Crippen molar-refractivity contribution in [2.24, 2.45) is 0 Å². The van der Waals surface area contributed by atoms with Crippen LogP contribution < -0.4 is 16.0 Å². The minimum absolute atomic E-state index is 0.00995. The maximum atomic E-state index is 12.0. The van der Waals surface area contributed by atoms with E-state index in [-0.39, 0.29) is 25.9 Å². The molecule has 0 radical (unpaired) electrons. The molecule has 2 unspecified atom stereocenters. The van der Waals surface area contributed by atoms with Gasteiger partial charge in [0.1, 0.15) is 23.8 Å². The molecule has 0 aromatic heterocycles. The highest BCUT2D eigenvalue weighted by Crippen LogP contribution is 2.09. The first-order chi connectivity index (χ1) is 14.1. The van der Waals surface area contributed by atoms with E-state index >= 15 is 0 Å². The number of aliphatic hydroxyl groups excluding tert-OH is 1. The molecule has 4 N–H and O–H groups in total. The van der Waals surface area contributed by atoms with E-state index < -0.39 is 47.4 Å². The third-order valence-electron chi connectivity index (χ3n) is 3.52. The van der Waals surface area contributed by atoms with Crippen molar-refractivity contribution in [2.75, 3.05) is 20.2 Å². The van der Waals surface area contributed by atoms with E-state index in [1.54, 1.807) is 41.5 Å². The highest BCUT2D eigenvalue weighted by Gasteiger charge is 2.23. The van der Waals surface area contributed by atoms with Crippen LogP contribution >= 0.6 is 0 Å². The summed E-state index contributed by atoms with van der Waals surface area (Å²) >= 11 is 0. The summed E-state index contributed by atoms with van der Waals surface area (Å²) in [5, 5.41) is 17.2. The molecule has 0 aromatic rings. The summed E-state index contributed by atoms with van der Waals surface area (Å²) < 4.78 is 14.8. The minimum atomic E-state index is -0.941. The number of hydrogen-bond donors (Lipinski definition) is 4. The second-order valence-corrected chi connectivity index (χ2v) is 8.97. The monoisotopic (exact) mass is 447 g/mol. The van der Waals surface area contributed by atoms with Crippen molar-refractivity contribution in [3.05, 3.63) is 0 Å². The zero-order valence-electron chi connectivity index (χ0n) is 19.5. The van der Waals surface area contributed by atoms with Gasteiger partial charge in [-0.2, -0.15) is 0 Å². The molecule has 0 bridgehead atoms. The largest absolute Gasteiger partial charge is 0.467 e. The molecule has 0 spiro atoms. The van der Waals surface area contributed by atoms with E-state index in [1.807, 2.05) is 0 Å². The quantitative estimate of drug-likeness (QED) is 0.288. The lowest BCUT2D eigenvalue weighted by Gasteiger charge is -2.21. The summed E-state index contributed by atoms with van der Waals surface area (Å²) in [6, 6.07) is -0.941. The maximum absolute atomic E-state index is 12.0. The van der Waals surface area contributed by atoms with E-state index in [0.29, 0.717) is 6.42 Å². The molecule has 0 saturated carbocycles. The fourth-order valence-corrected chi connectivity index (χ4v) is 2.28. The van der Waals surface area contributed by atoms with E-state index in [2.05, 4.69) is 20.7 Å². The molecule has 0 fully saturated rings. The fourth-order valence-electron chi connectivity index (χ4n) is 2.28. The summed E-state index contributed by atoms with van der Waals surface area (Å²) in [6.07, 6.45) is -1.39. The fraction of sp³-hybridized carbons (Fsp3) is 0.800. The zero-order valence-corrected chi connectivity index (χ0v) is 19.5. The topological polar surface area (TPSA) is 152 Å². The van der Waals surface area contributed by atoms with Crippen molar-refractivity contribution < 1.29 is 38.5 Å². The Morgan fingerprint density at radius 2 is 1.39 bits per heavy atom. The maximum Gasteiger partial charge on any atom is 0.408 e. The standard InChI is InChI=1S/C20H37N3O8/c1-19(2,3)30-17(27)21-11-13(24)9-8-10-14(16(26)29-7)23-15(25)12-22-18(28)31-20(4,5)6/h13-14,24H,8-12H2,1-7H3,(H,21,27)(H,22,28)(H,23,25). The molecule has 0 heterocycles. The normalized spacial score (nSPS) is 13.4. The van der Waals surface area contributed by atoms with Gasteiger partial charge in [0.2, 0.25) is 5.91 Å². The predicted molar refractivity (Wildman–Crippen MR) is 112 cm³/mol. The number of aliphatic hydroxyl groups is 1. The molecule has 0 aliphatic rings. The van der Waals surface area contributed by atoms with Crippen LogP contribution in [0.2, 0.25) is 0 Å². The summed E-state index contributed by atoms with van der Waals surface area (Å²) in [6.45, 7) is 9.88. The van der Waals surface area contributed by atoms with Crippen LogP contribution in [0.25, 0.3) is 0 Å². The van der Waals surface area contributed by atoms with Crippen LogP contribution in [0.1, 0.15) is 60.8 Å². The highest BCUT2D eigenvalue weighted by atomic mass is 16.6. The first kappa shape index (κ1) is 28.4. The summed E-state index contributed by atoms with van der Waals surface area (Å²) in [4.78, 5) is 47.1. The summed E-state index contributed by atoms with van der Waals surface area (Å²) in [5.41, 5.74) is -1.34. The Morgan fingerprint density at radius 1 is 0.871 bits per heavy atom. The number of nitrogens with one attached hydrogen (secondary N) is 3. The van der Waals surface area contributed by atoms with Gasteiger partial charge in [-0.25, -0.2) is 14.4 Å². The van der Waals surface area contributed by atoms with Crippen molar-refractivity contribution in [3.8, 4) is 0 Å². The van der Waals surface area contributed by atoms with Crippen molar-refractivity contribution in [1.29, 1.82) is 0 Å². The summed E-state index contributed by atoms with van der Waals surface area (Å²) in [7, 11) is 1.19. The van der Waals surface area contributed by atoms with Gasteiger partial charge in [-0.05, 0) is 60.8 Å². The number of methoxy groups -OCH3 is 1. The molecule has 2 atom stereocenters.